The van der Waals surface area contributed by atoms with Crippen LogP contribution in [0.2, 0.25) is 0 Å². The molecule has 3 aromatic rings. The Balaban J connectivity index is 1.65. The SMILES string of the molecule is COc1cc([C@@H]2[C@@H]3C(=O)N(c4ccccc4)C(=O)[C@@H]3ON2c2ccccc2)cc(OC)c1OC. The molecule has 2 aliphatic rings. The topological polar surface area (TPSA) is 77.5 Å². The number of ether oxygens (including phenoxy) is 3. The molecular formula is C26H24N2O6. The maximum absolute atomic E-state index is 13.7. The van der Waals surface area contributed by atoms with Crippen LogP contribution in [0.5, 0.6) is 17.2 Å². The van der Waals surface area contributed by atoms with E-state index in [1.54, 1.807) is 41.5 Å². The number of imide groups is 1. The Labute approximate surface area is 197 Å². The van der Waals surface area contributed by atoms with E-state index < -0.39 is 24.0 Å². The van der Waals surface area contributed by atoms with Crippen molar-refractivity contribution in [2.75, 3.05) is 31.3 Å². The molecule has 0 N–H and O–H groups in total. The van der Waals surface area contributed by atoms with Gasteiger partial charge in [0.15, 0.2) is 17.6 Å². The number of methoxy groups -OCH3 is 3. The smallest absolute Gasteiger partial charge is 0.266 e. The molecule has 0 aliphatic carbocycles. The Morgan fingerprint density at radius 3 is 1.82 bits per heavy atom. The Morgan fingerprint density at radius 1 is 0.735 bits per heavy atom. The number of carbonyl (C=O) groups excluding carboxylic acids is 2. The summed E-state index contributed by atoms with van der Waals surface area (Å²) in [5, 5.41) is 1.63. The highest BCUT2D eigenvalue weighted by Gasteiger charge is 2.60. The lowest BCUT2D eigenvalue weighted by atomic mass is 9.90. The fraction of sp³-hybridized carbons (Fsp3) is 0.231. The first-order valence-electron chi connectivity index (χ1n) is 10.8. The van der Waals surface area contributed by atoms with Crippen LogP contribution in [0.4, 0.5) is 11.4 Å². The monoisotopic (exact) mass is 460 g/mol. The highest BCUT2D eigenvalue weighted by molar-refractivity contribution is 6.23. The molecule has 2 saturated heterocycles. The van der Waals surface area contributed by atoms with E-state index in [9.17, 15) is 9.59 Å². The molecule has 0 saturated carbocycles. The fourth-order valence-electron chi connectivity index (χ4n) is 4.66. The minimum Gasteiger partial charge on any atom is -0.493 e. The van der Waals surface area contributed by atoms with Crippen molar-refractivity contribution >= 4 is 23.2 Å². The first kappa shape index (κ1) is 21.8. The van der Waals surface area contributed by atoms with Gasteiger partial charge >= 0.3 is 0 Å². The molecule has 34 heavy (non-hydrogen) atoms. The summed E-state index contributed by atoms with van der Waals surface area (Å²) in [6.45, 7) is 0. The van der Waals surface area contributed by atoms with Gasteiger partial charge in [0.1, 0.15) is 5.92 Å². The third-order valence-electron chi connectivity index (χ3n) is 6.17. The van der Waals surface area contributed by atoms with Crippen LogP contribution in [0.1, 0.15) is 11.6 Å². The molecule has 0 bridgehead atoms. The molecule has 0 radical (unpaired) electrons. The average Bonchev–Trinajstić information content (AvgIpc) is 3.39. The van der Waals surface area contributed by atoms with Crippen molar-refractivity contribution in [2.24, 2.45) is 5.92 Å². The lowest BCUT2D eigenvalue weighted by Crippen LogP contribution is -2.37. The van der Waals surface area contributed by atoms with E-state index >= 15 is 0 Å². The Bertz CT molecular complexity index is 1190. The van der Waals surface area contributed by atoms with Gasteiger partial charge in [-0.2, -0.15) is 0 Å². The highest BCUT2D eigenvalue weighted by atomic mass is 16.7. The van der Waals surface area contributed by atoms with E-state index in [0.29, 0.717) is 28.5 Å². The Kier molecular flexibility index (Phi) is 5.59. The molecule has 174 valence electrons. The van der Waals surface area contributed by atoms with Crippen molar-refractivity contribution < 1.29 is 28.6 Å². The normalized spacial score (nSPS) is 21.6. The number of hydrogen-bond acceptors (Lipinski definition) is 7. The van der Waals surface area contributed by atoms with E-state index in [4.69, 9.17) is 19.0 Å². The molecule has 2 amide bonds. The second-order valence-corrected chi connectivity index (χ2v) is 7.96. The number of hydrogen-bond donors (Lipinski definition) is 0. The summed E-state index contributed by atoms with van der Waals surface area (Å²) in [7, 11) is 4.60. The van der Waals surface area contributed by atoms with E-state index in [2.05, 4.69) is 0 Å². The van der Waals surface area contributed by atoms with Crippen molar-refractivity contribution in [1.29, 1.82) is 0 Å². The van der Waals surface area contributed by atoms with Gasteiger partial charge < -0.3 is 14.2 Å². The summed E-state index contributed by atoms with van der Waals surface area (Å²) in [5.41, 5.74) is 1.94. The van der Waals surface area contributed by atoms with Gasteiger partial charge in [0.05, 0.1) is 38.7 Å². The maximum atomic E-state index is 13.7. The van der Waals surface area contributed by atoms with Crippen molar-refractivity contribution in [3.8, 4) is 17.2 Å². The summed E-state index contributed by atoms with van der Waals surface area (Å²) >= 11 is 0. The van der Waals surface area contributed by atoms with Gasteiger partial charge in [-0.3, -0.25) is 14.4 Å². The van der Waals surface area contributed by atoms with Crippen molar-refractivity contribution in [2.45, 2.75) is 12.1 Å². The summed E-state index contributed by atoms with van der Waals surface area (Å²) in [6, 6.07) is 21.2. The van der Waals surface area contributed by atoms with Crippen LogP contribution >= 0.6 is 0 Å². The van der Waals surface area contributed by atoms with Crippen molar-refractivity contribution in [1.82, 2.24) is 0 Å². The van der Waals surface area contributed by atoms with Gasteiger partial charge in [-0.25, -0.2) is 9.96 Å². The van der Waals surface area contributed by atoms with Gasteiger partial charge in [0, 0.05) is 0 Å². The predicted molar refractivity (Wildman–Crippen MR) is 125 cm³/mol. The number of amides is 2. The quantitative estimate of drug-likeness (QED) is 0.519. The number of hydroxylamine groups is 1. The van der Waals surface area contributed by atoms with Gasteiger partial charge in [0.2, 0.25) is 11.7 Å². The van der Waals surface area contributed by atoms with Crippen LogP contribution < -0.4 is 24.2 Å². The molecule has 2 aliphatic heterocycles. The summed E-state index contributed by atoms with van der Waals surface area (Å²) in [5.74, 6) is -0.142. The first-order valence-corrected chi connectivity index (χ1v) is 10.8. The molecule has 0 aromatic heterocycles. The van der Waals surface area contributed by atoms with E-state index in [1.807, 2.05) is 36.4 Å². The summed E-state index contributed by atoms with van der Waals surface area (Å²) < 4.78 is 16.5. The first-order chi connectivity index (χ1) is 16.6. The second-order valence-electron chi connectivity index (χ2n) is 7.96. The molecule has 5 rings (SSSR count). The third kappa shape index (κ3) is 3.34. The molecule has 2 heterocycles. The van der Waals surface area contributed by atoms with E-state index in [-0.39, 0.29) is 5.91 Å². The third-order valence-corrected chi connectivity index (χ3v) is 6.17. The molecule has 8 nitrogen and oxygen atoms in total. The zero-order valence-corrected chi connectivity index (χ0v) is 19.0. The van der Waals surface area contributed by atoms with Crippen LogP contribution in [0.25, 0.3) is 0 Å². The predicted octanol–water partition coefficient (Wildman–Crippen LogP) is 3.76. The van der Waals surface area contributed by atoms with Crippen LogP contribution in [0.3, 0.4) is 0 Å². The van der Waals surface area contributed by atoms with Gasteiger partial charge in [-0.05, 0) is 42.0 Å². The van der Waals surface area contributed by atoms with E-state index in [1.165, 1.54) is 26.2 Å². The summed E-state index contributed by atoms with van der Waals surface area (Å²) in [4.78, 5) is 34.5. The molecule has 0 unspecified atom stereocenters. The lowest BCUT2D eigenvalue weighted by molar-refractivity contribution is -0.126. The largest absolute Gasteiger partial charge is 0.493 e. The number of rotatable bonds is 6. The van der Waals surface area contributed by atoms with Crippen molar-refractivity contribution in [3.05, 3.63) is 78.4 Å². The molecular weight excluding hydrogens is 436 g/mol. The molecule has 3 atom stereocenters. The van der Waals surface area contributed by atoms with Crippen molar-refractivity contribution in [3.63, 3.8) is 0 Å². The number of fused-ring (bicyclic) bond motifs is 1. The zero-order chi connectivity index (χ0) is 23.8. The minimum atomic E-state index is -0.961. The summed E-state index contributed by atoms with van der Waals surface area (Å²) in [6.07, 6.45) is -0.961. The molecule has 0 spiro atoms. The number of nitrogens with zero attached hydrogens (tertiary/aromatic N) is 2. The standard InChI is InChI=1S/C26H24N2O6/c1-31-19-14-16(15-20(32-2)23(19)33-3)22-21-24(34-28(22)18-12-8-5-9-13-18)26(30)27(25(21)29)17-10-6-4-7-11-17/h4-15,21-22,24H,1-3H3/t21-,22+,24+/m0/s1. The lowest BCUT2D eigenvalue weighted by Gasteiger charge is -2.29. The van der Waals surface area contributed by atoms with E-state index in [0.717, 1.165) is 5.69 Å². The van der Waals surface area contributed by atoms with Crippen LogP contribution in [-0.2, 0) is 14.4 Å². The number of carbonyl (C=O) groups is 2. The van der Waals surface area contributed by atoms with Crippen LogP contribution in [0, 0.1) is 5.92 Å². The highest BCUT2D eigenvalue weighted by Crippen LogP contribution is 2.50. The Hall–Kier alpha value is -4.04. The van der Waals surface area contributed by atoms with Gasteiger partial charge in [-0.15, -0.1) is 0 Å². The van der Waals surface area contributed by atoms with Crippen LogP contribution in [0.15, 0.2) is 72.8 Å². The molecule has 3 aromatic carbocycles. The molecule has 2 fully saturated rings. The Morgan fingerprint density at radius 2 is 1.29 bits per heavy atom. The van der Waals surface area contributed by atoms with Gasteiger partial charge in [0.25, 0.3) is 5.91 Å². The minimum absolute atomic E-state index is 0.321. The second kappa shape index (κ2) is 8.72. The van der Waals surface area contributed by atoms with Crippen LogP contribution in [-0.4, -0.2) is 39.2 Å². The fourth-order valence-corrected chi connectivity index (χ4v) is 4.66. The zero-order valence-electron chi connectivity index (χ0n) is 19.0. The molecule has 8 heteroatoms. The number of benzene rings is 3. The maximum Gasteiger partial charge on any atom is 0.266 e. The average molecular weight is 460 g/mol. The van der Waals surface area contributed by atoms with Gasteiger partial charge in [-0.1, -0.05) is 36.4 Å². The number of para-hydroxylation sites is 2. The number of anilines is 2.